The molecule has 2 atom stereocenters. The van der Waals surface area contributed by atoms with Crippen LogP contribution < -0.4 is 5.32 Å². The second-order valence-corrected chi connectivity index (χ2v) is 5.28. The van der Waals surface area contributed by atoms with Crippen molar-refractivity contribution in [1.29, 1.82) is 0 Å². The normalized spacial score (nSPS) is 22.5. The molecule has 0 unspecified atom stereocenters. The molecule has 1 heterocycles. The van der Waals surface area contributed by atoms with E-state index >= 15 is 0 Å². The molecule has 0 spiro atoms. The predicted octanol–water partition coefficient (Wildman–Crippen LogP) is 0.719. The van der Waals surface area contributed by atoms with E-state index < -0.39 is 6.10 Å². The predicted molar refractivity (Wildman–Crippen MR) is 74.9 cm³/mol. The van der Waals surface area contributed by atoms with Crippen LogP contribution in [0, 0.1) is 6.92 Å². The summed E-state index contributed by atoms with van der Waals surface area (Å²) in [7, 11) is 1.78. The van der Waals surface area contributed by atoms with Crippen molar-refractivity contribution in [3.8, 4) is 0 Å². The summed E-state index contributed by atoms with van der Waals surface area (Å²) >= 11 is 0. The van der Waals surface area contributed by atoms with E-state index in [4.69, 9.17) is 0 Å². The number of β-amino-alcohol motifs (C(OH)–C–C–N with tert-alkyl or cyclic N) is 1. The number of nitrogens with one attached hydrogen (secondary N) is 1. The first kappa shape index (κ1) is 14.0. The summed E-state index contributed by atoms with van der Waals surface area (Å²) in [5, 5.41) is 12.9. The van der Waals surface area contributed by atoms with Gasteiger partial charge in [-0.3, -0.25) is 4.79 Å². The Morgan fingerprint density at radius 1 is 1.37 bits per heavy atom. The molecular weight excluding hydrogens is 240 g/mol. The van der Waals surface area contributed by atoms with Gasteiger partial charge in [0.05, 0.1) is 12.1 Å². The molecule has 1 aromatic rings. The lowest BCUT2D eigenvalue weighted by molar-refractivity contribution is -0.133. The molecule has 1 aliphatic rings. The molecule has 0 aliphatic carbocycles. The van der Waals surface area contributed by atoms with Gasteiger partial charge in [-0.25, -0.2) is 0 Å². The first-order valence-electron chi connectivity index (χ1n) is 6.78. The highest BCUT2D eigenvalue weighted by molar-refractivity contribution is 5.76. The fourth-order valence-electron chi connectivity index (χ4n) is 2.41. The third-order valence-electron chi connectivity index (χ3n) is 3.79. The van der Waals surface area contributed by atoms with Gasteiger partial charge in [0.2, 0.25) is 5.91 Å². The Balaban J connectivity index is 1.85. The molecule has 1 aliphatic heterocycles. The Labute approximate surface area is 114 Å². The molecule has 19 heavy (non-hydrogen) atoms. The van der Waals surface area contributed by atoms with E-state index in [-0.39, 0.29) is 11.9 Å². The fourth-order valence-corrected chi connectivity index (χ4v) is 2.41. The maximum absolute atomic E-state index is 12.1. The highest BCUT2D eigenvalue weighted by Gasteiger charge is 2.30. The van der Waals surface area contributed by atoms with Crippen LogP contribution in [-0.4, -0.2) is 48.2 Å². The zero-order valence-corrected chi connectivity index (χ0v) is 11.6. The summed E-state index contributed by atoms with van der Waals surface area (Å²) < 4.78 is 0. The molecule has 1 fully saturated rings. The minimum atomic E-state index is -0.451. The van der Waals surface area contributed by atoms with E-state index in [1.54, 1.807) is 11.9 Å². The highest BCUT2D eigenvalue weighted by Crippen LogP contribution is 2.11. The number of aliphatic hydroxyl groups excluding tert-OH is 1. The average Bonchev–Trinajstić information content (AvgIpc) is 2.83. The molecule has 1 aromatic carbocycles. The molecule has 4 nitrogen and oxygen atoms in total. The van der Waals surface area contributed by atoms with Gasteiger partial charge in [-0.1, -0.05) is 29.8 Å². The number of carbonyl (C=O) groups excluding carboxylic acids is 1. The van der Waals surface area contributed by atoms with Gasteiger partial charge in [-0.2, -0.15) is 0 Å². The molecule has 4 heteroatoms. The first-order valence-corrected chi connectivity index (χ1v) is 6.78. The summed E-state index contributed by atoms with van der Waals surface area (Å²) in [5.41, 5.74) is 2.41. The second-order valence-electron chi connectivity index (χ2n) is 5.28. The minimum absolute atomic E-state index is 0.0910. The average molecular weight is 262 g/mol. The fraction of sp³-hybridized carbons (Fsp3) is 0.533. The van der Waals surface area contributed by atoms with Crippen LogP contribution in [0.4, 0.5) is 0 Å². The Hall–Kier alpha value is -1.39. The number of aliphatic hydroxyl groups is 1. The maximum atomic E-state index is 12.1. The van der Waals surface area contributed by atoms with Gasteiger partial charge in [0.15, 0.2) is 0 Å². The zero-order valence-electron chi connectivity index (χ0n) is 11.6. The number of hydrogen-bond donors (Lipinski definition) is 2. The Bertz CT molecular complexity index is 430. The van der Waals surface area contributed by atoms with E-state index in [0.717, 1.165) is 6.42 Å². The van der Waals surface area contributed by atoms with Gasteiger partial charge in [0, 0.05) is 26.6 Å². The van der Waals surface area contributed by atoms with Crippen LogP contribution in [0.3, 0.4) is 0 Å². The van der Waals surface area contributed by atoms with Crippen LogP contribution in [0.5, 0.6) is 0 Å². The quantitative estimate of drug-likeness (QED) is 0.840. The standard InChI is InChI=1S/C15H22N2O2/c1-11-3-5-12(6-4-11)7-8-15(19)17(2)13-9-16-10-14(13)18/h3-6,13-14,16,18H,7-10H2,1-2H3/t13-,14-/m0/s1. The Morgan fingerprint density at radius 3 is 2.63 bits per heavy atom. The van der Waals surface area contributed by atoms with Crippen molar-refractivity contribution in [1.82, 2.24) is 10.2 Å². The van der Waals surface area contributed by atoms with Crippen molar-refractivity contribution in [2.24, 2.45) is 0 Å². The van der Waals surface area contributed by atoms with Crippen molar-refractivity contribution in [3.05, 3.63) is 35.4 Å². The number of hydrogen-bond acceptors (Lipinski definition) is 3. The third kappa shape index (κ3) is 3.55. The first-order chi connectivity index (χ1) is 9.08. The van der Waals surface area contributed by atoms with Gasteiger partial charge in [0.1, 0.15) is 0 Å². The molecule has 0 saturated carbocycles. The van der Waals surface area contributed by atoms with Crippen molar-refractivity contribution >= 4 is 5.91 Å². The number of likely N-dealkylation sites (N-methyl/N-ethyl adjacent to an activating group) is 1. The highest BCUT2D eigenvalue weighted by atomic mass is 16.3. The van der Waals surface area contributed by atoms with Crippen LogP contribution in [0.25, 0.3) is 0 Å². The number of nitrogens with zero attached hydrogens (tertiary/aromatic N) is 1. The smallest absolute Gasteiger partial charge is 0.223 e. The Morgan fingerprint density at radius 2 is 2.05 bits per heavy atom. The molecule has 0 radical (unpaired) electrons. The van der Waals surface area contributed by atoms with Gasteiger partial charge in [-0.15, -0.1) is 0 Å². The van der Waals surface area contributed by atoms with Crippen molar-refractivity contribution < 1.29 is 9.90 Å². The van der Waals surface area contributed by atoms with Crippen LogP contribution in [0.1, 0.15) is 17.5 Å². The number of benzene rings is 1. The van der Waals surface area contributed by atoms with Crippen LogP contribution in [-0.2, 0) is 11.2 Å². The van der Waals surface area contributed by atoms with Gasteiger partial charge < -0.3 is 15.3 Å². The Kier molecular flexibility index (Phi) is 4.56. The SMILES string of the molecule is Cc1ccc(CCC(=O)N(C)[C@H]2CNC[C@@H]2O)cc1. The monoisotopic (exact) mass is 262 g/mol. The maximum Gasteiger partial charge on any atom is 0.223 e. The van der Waals surface area contributed by atoms with Crippen molar-refractivity contribution in [2.45, 2.75) is 31.9 Å². The molecule has 1 amide bonds. The lowest BCUT2D eigenvalue weighted by atomic mass is 10.1. The lowest BCUT2D eigenvalue weighted by Crippen LogP contribution is -2.44. The lowest BCUT2D eigenvalue weighted by Gasteiger charge is -2.26. The summed E-state index contributed by atoms with van der Waals surface area (Å²) in [4.78, 5) is 13.8. The van der Waals surface area contributed by atoms with Gasteiger partial charge >= 0.3 is 0 Å². The van der Waals surface area contributed by atoms with Crippen molar-refractivity contribution in [2.75, 3.05) is 20.1 Å². The summed E-state index contributed by atoms with van der Waals surface area (Å²) in [6, 6.07) is 8.16. The van der Waals surface area contributed by atoms with E-state index in [0.29, 0.717) is 19.5 Å². The van der Waals surface area contributed by atoms with E-state index in [1.165, 1.54) is 11.1 Å². The number of carbonyl (C=O) groups is 1. The summed E-state index contributed by atoms with van der Waals surface area (Å²) in [6.45, 7) is 3.30. The van der Waals surface area contributed by atoms with E-state index in [1.807, 2.05) is 0 Å². The minimum Gasteiger partial charge on any atom is -0.390 e. The van der Waals surface area contributed by atoms with E-state index in [9.17, 15) is 9.90 Å². The van der Waals surface area contributed by atoms with Gasteiger partial charge in [0.25, 0.3) is 0 Å². The largest absolute Gasteiger partial charge is 0.390 e. The zero-order chi connectivity index (χ0) is 13.8. The molecule has 0 aromatic heterocycles. The number of aryl methyl sites for hydroxylation is 2. The molecule has 2 rings (SSSR count). The second kappa shape index (κ2) is 6.17. The van der Waals surface area contributed by atoms with Gasteiger partial charge in [-0.05, 0) is 18.9 Å². The topological polar surface area (TPSA) is 52.6 Å². The molecule has 1 saturated heterocycles. The summed E-state index contributed by atoms with van der Waals surface area (Å²) in [5.74, 6) is 0.0910. The molecule has 104 valence electrons. The van der Waals surface area contributed by atoms with Crippen LogP contribution >= 0.6 is 0 Å². The summed E-state index contributed by atoms with van der Waals surface area (Å²) in [6.07, 6.45) is 0.788. The third-order valence-corrected chi connectivity index (χ3v) is 3.79. The number of amides is 1. The van der Waals surface area contributed by atoms with Crippen LogP contribution in [0.15, 0.2) is 24.3 Å². The van der Waals surface area contributed by atoms with Crippen LogP contribution in [0.2, 0.25) is 0 Å². The number of rotatable bonds is 4. The molecule has 0 bridgehead atoms. The molecular formula is C15H22N2O2. The van der Waals surface area contributed by atoms with E-state index in [2.05, 4.69) is 36.5 Å². The molecule has 2 N–H and O–H groups in total. The van der Waals surface area contributed by atoms with Crippen molar-refractivity contribution in [3.63, 3.8) is 0 Å².